The Morgan fingerprint density at radius 1 is 1.29 bits per heavy atom. The molecular formula is C18H22N2O4. The molecule has 24 heavy (non-hydrogen) atoms. The molecule has 6 nitrogen and oxygen atoms in total. The maximum Gasteiger partial charge on any atom is 0.326 e. The van der Waals surface area contributed by atoms with E-state index in [2.05, 4.69) is 4.98 Å². The van der Waals surface area contributed by atoms with Crippen LogP contribution in [0.3, 0.4) is 0 Å². The molecule has 1 aromatic carbocycles. The number of anilines is 1. The minimum absolute atomic E-state index is 0.488. The van der Waals surface area contributed by atoms with Gasteiger partial charge in [0.15, 0.2) is 11.5 Å². The van der Waals surface area contributed by atoms with Crippen molar-refractivity contribution < 1.29 is 19.4 Å². The highest BCUT2D eigenvalue weighted by Crippen LogP contribution is 2.38. The molecule has 1 atom stereocenters. The Balaban J connectivity index is 2.12. The third-order valence-electron chi connectivity index (χ3n) is 4.23. The number of hydrogen-bond donors (Lipinski definition) is 1. The molecule has 1 aliphatic heterocycles. The lowest BCUT2D eigenvalue weighted by Gasteiger charge is -2.25. The molecule has 0 amide bonds. The van der Waals surface area contributed by atoms with Gasteiger partial charge in [0.2, 0.25) is 0 Å². The molecule has 1 fully saturated rings. The van der Waals surface area contributed by atoms with E-state index in [0.29, 0.717) is 31.1 Å². The summed E-state index contributed by atoms with van der Waals surface area (Å²) in [5, 5.41) is 10.4. The van der Waals surface area contributed by atoms with E-state index < -0.39 is 12.0 Å². The van der Waals surface area contributed by atoms with Gasteiger partial charge in [-0.3, -0.25) is 4.98 Å². The lowest BCUT2D eigenvalue weighted by molar-refractivity contribution is -0.138. The van der Waals surface area contributed by atoms with Crippen LogP contribution >= 0.6 is 0 Å². The second kappa shape index (κ2) is 6.95. The highest BCUT2D eigenvalue weighted by Gasteiger charge is 2.31. The smallest absolute Gasteiger partial charge is 0.326 e. The number of hydrogen-bond acceptors (Lipinski definition) is 5. The van der Waals surface area contributed by atoms with Gasteiger partial charge in [-0.05, 0) is 38.8 Å². The van der Waals surface area contributed by atoms with Crippen LogP contribution in [0, 0.1) is 0 Å². The molecule has 0 radical (unpaired) electrons. The average molecular weight is 330 g/mol. The van der Waals surface area contributed by atoms with Gasteiger partial charge < -0.3 is 19.5 Å². The molecule has 2 aromatic rings. The fraction of sp³-hybridized carbons (Fsp3) is 0.444. The number of rotatable bonds is 6. The summed E-state index contributed by atoms with van der Waals surface area (Å²) in [6, 6.07) is 5.15. The van der Waals surface area contributed by atoms with Crippen LogP contribution in [0.1, 0.15) is 26.7 Å². The number of aromatic nitrogens is 1. The van der Waals surface area contributed by atoms with E-state index in [1.165, 1.54) is 0 Å². The minimum atomic E-state index is -0.784. The molecule has 3 rings (SSSR count). The molecule has 1 saturated heterocycles. The summed E-state index contributed by atoms with van der Waals surface area (Å²) in [6.45, 7) is 5.64. The van der Waals surface area contributed by atoms with Crippen LogP contribution in [-0.4, -0.2) is 41.9 Å². The molecule has 0 saturated carbocycles. The Labute approximate surface area is 141 Å². The summed E-state index contributed by atoms with van der Waals surface area (Å²) in [4.78, 5) is 17.9. The number of fused-ring (bicyclic) bond motifs is 1. The van der Waals surface area contributed by atoms with Gasteiger partial charge >= 0.3 is 5.97 Å². The first-order chi connectivity index (χ1) is 11.7. The molecule has 0 bridgehead atoms. The van der Waals surface area contributed by atoms with Crippen LogP contribution in [0.15, 0.2) is 24.4 Å². The zero-order valence-corrected chi connectivity index (χ0v) is 14.0. The minimum Gasteiger partial charge on any atom is -0.490 e. The quantitative estimate of drug-likeness (QED) is 0.877. The number of pyridine rings is 1. The van der Waals surface area contributed by atoms with Crippen molar-refractivity contribution in [2.75, 3.05) is 24.7 Å². The molecule has 0 spiro atoms. The third kappa shape index (κ3) is 2.96. The summed E-state index contributed by atoms with van der Waals surface area (Å²) in [5.41, 5.74) is 1.66. The van der Waals surface area contributed by atoms with Gasteiger partial charge in [0.05, 0.1) is 18.7 Å². The summed E-state index contributed by atoms with van der Waals surface area (Å²) in [6.07, 6.45) is 3.25. The van der Waals surface area contributed by atoms with Crippen LogP contribution in [0.4, 0.5) is 5.69 Å². The Bertz CT molecular complexity index is 747. The Kier molecular flexibility index (Phi) is 4.74. The molecule has 1 N–H and O–H groups in total. The van der Waals surface area contributed by atoms with E-state index in [9.17, 15) is 9.90 Å². The van der Waals surface area contributed by atoms with Crippen molar-refractivity contribution in [2.24, 2.45) is 0 Å². The predicted molar refractivity (Wildman–Crippen MR) is 92.1 cm³/mol. The normalized spacial score (nSPS) is 17.2. The Morgan fingerprint density at radius 3 is 2.67 bits per heavy atom. The van der Waals surface area contributed by atoms with Gasteiger partial charge in [0.25, 0.3) is 0 Å². The number of nitrogens with zero attached hydrogens (tertiary/aromatic N) is 2. The first-order valence-electron chi connectivity index (χ1n) is 8.33. The number of aliphatic carboxylic acids is 1. The van der Waals surface area contributed by atoms with Crippen LogP contribution < -0.4 is 14.4 Å². The van der Waals surface area contributed by atoms with E-state index in [1.807, 2.05) is 36.9 Å². The van der Waals surface area contributed by atoms with Gasteiger partial charge in [-0.1, -0.05) is 0 Å². The van der Waals surface area contributed by atoms with E-state index >= 15 is 0 Å². The van der Waals surface area contributed by atoms with Crippen LogP contribution in [-0.2, 0) is 4.79 Å². The molecule has 0 aliphatic carbocycles. The fourth-order valence-electron chi connectivity index (χ4n) is 3.24. The molecule has 128 valence electrons. The molecule has 0 unspecified atom stereocenters. The van der Waals surface area contributed by atoms with Crippen molar-refractivity contribution in [1.82, 2.24) is 4.98 Å². The van der Waals surface area contributed by atoms with Crippen molar-refractivity contribution in [3.05, 3.63) is 24.4 Å². The largest absolute Gasteiger partial charge is 0.490 e. The maximum atomic E-state index is 11.5. The van der Waals surface area contributed by atoms with E-state index in [-0.39, 0.29) is 0 Å². The summed E-state index contributed by atoms with van der Waals surface area (Å²) >= 11 is 0. The molecule has 2 heterocycles. The van der Waals surface area contributed by atoms with Crippen LogP contribution in [0.5, 0.6) is 11.5 Å². The fourth-order valence-corrected chi connectivity index (χ4v) is 3.24. The van der Waals surface area contributed by atoms with Crippen LogP contribution in [0.2, 0.25) is 0 Å². The van der Waals surface area contributed by atoms with Crippen molar-refractivity contribution >= 4 is 22.6 Å². The van der Waals surface area contributed by atoms with Crippen molar-refractivity contribution in [3.8, 4) is 11.5 Å². The van der Waals surface area contributed by atoms with Crippen molar-refractivity contribution in [3.63, 3.8) is 0 Å². The molecule has 1 aliphatic rings. The van der Waals surface area contributed by atoms with Crippen molar-refractivity contribution in [2.45, 2.75) is 32.7 Å². The second-order valence-electron chi connectivity index (χ2n) is 5.70. The number of carboxylic acids is 1. The van der Waals surface area contributed by atoms with E-state index in [4.69, 9.17) is 9.47 Å². The highest BCUT2D eigenvalue weighted by molar-refractivity contribution is 5.95. The molecule has 1 aromatic heterocycles. The predicted octanol–water partition coefficient (Wildman–Crippen LogP) is 3.09. The van der Waals surface area contributed by atoms with E-state index in [1.54, 1.807) is 6.20 Å². The highest BCUT2D eigenvalue weighted by atomic mass is 16.5. The third-order valence-corrected chi connectivity index (χ3v) is 4.23. The molecule has 6 heteroatoms. The first kappa shape index (κ1) is 16.4. The Hall–Kier alpha value is -2.50. The SMILES string of the molecule is CCOc1cc2nccc(N3CCC[C@@H]3C(=O)O)c2cc1OCC. The zero-order valence-electron chi connectivity index (χ0n) is 14.0. The summed E-state index contributed by atoms with van der Waals surface area (Å²) < 4.78 is 11.4. The van der Waals surface area contributed by atoms with Crippen LogP contribution in [0.25, 0.3) is 10.9 Å². The molecular weight excluding hydrogens is 308 g/mol. The van der Waals surface area contributed by atoms with Gasteiger partial charge in [0, 0.05) is 29.9 Å². The lowest BCUT2D eigenvalue weighted by Crippen LogP contribution is -2.36. The first-order valence-corrected chi connectivity index (χ1v) is 8.33. The standard InChI is InChI=1S/C18H22N2O4/c1-3-23-16-10-12-13(11-17(16)24-4-2)19-8-7-14(12)20-9-5-6-15(20)18(21)22/h7-8,10-11,15H,3-6,9H2,1-2H3,(H,21,22)/t15-/m1/s1. The number of benzene rings is 1. The van der Waals surface area contributed by atoms with Gasteiger partial charge in [-0.25, -0.2) is 4.79 Å². The second-order valence-corrected chi connectivity index (χ2v) is 5.70. The number of ether oxygens (including phenoxy) is 2. The van der Waals surface area contributed by atoms with Crippen molar-refractivity contribution in [1.29, 1.82) is 0 Å². The summed E-state index contributed by atoms with van der Waals surface area (Å²) in [5.74, 6) is 0.535. The van der Waals surface area contributed by atoms with Gasteiger partial charge in [0.1, 0.15) is 6.04 Å². The monoisotopic (exact) mass is 330 g/mol. The lowest BCUT2D eigenvalue weighted by atomic mass is 10.1. The number of carboxylic acid groups (broad SMARTS) is 1. The van der Waals surface area contributed by atoms with Gasteiger partial charge in [-0.15, -0.1) is 0 Å². The average Bonchev–Trinajstić information content (AvgIpc) is 3.05. The Morgan fingerprint density at radius 2 is 2.00 bits per heavy atom. The number of carbonyl (C=O) groups is 1. The zero-order chi connectivity index (χ0) is 17.1. The van der Waals surface area contributed by atoms with Gasteiger partial charge in [-0.2, -0.15) is 0 Å². The topological polar surface area (TPSA) is 71.9 Å². The summed E-state index contributed by atoms with van der Waals surface area (Å²) in [7, 11) is 0. The maximum absolute atomic E-state index is 11.5. The van der Waals surface area contributed by atoms with E-state index in [0.717, 1.165) is 29.6 Å².